The number of benzene rings is 1. The lowest BCUT2D eigenvalue weighted by Crippen LogP contribution is -2.48. The second-order valence-corrected chi connectivity index (χ2v) is 6.47. The van der Waals surface area contributed by atoms with Crippen molar-refractivity contribution in [1.29, 1.82) is 0 Å². The predicted octanol–water partition coefficient (Wildman–Crippen LogP) is 1.70. The molecule has 2 amide bonds. The Kier molecular flexibility index (Phi) is 6.01. The van der Waals surface area contributed by atoms with Crippen molar-refractivity contribution in [2.75, 3.05) is 38.0 Å². The van der Waals surface area contributed by atoms with E-state index in [2.05, 4.69) is 15.3 Å². The van der Waals surface area contributed by atoms with Crippen LogP contribution < -0.4 is 5.32 Å². The predicted molar refractivity (Wildman–Crippen MR) is 99.2 cm³/mol. The van der Waals surface area contributed by atoms with E-state index in [1.807, 2.05) is 24.3 Å². The Morgan fingerprint density at radius 1 is 1.19 bits per heavy atom. The molecule has 0 saturated carbocycles. The molecule has 26 heavy (non-hydrogen) atoms. The van der Waals surface area contributed by atoms with Crippen LogP contribution in [-0.2, 0) is 11.2 Å². The van der Waals surface area contributed by atoms with Gasteiger partial charge in [-0.05, 0) is 24.1 Å². The Morgan fingerprint density at radius 3 is 2.73 bits per heavy atom. The van der Waals surface area contributed by atoms with Crippen molar-refractivity contribution in [3.8, 4) is 0 Å². The van der Waals surface area contributed by atoms with E-state index in [-0.39, 0.29) is 5.91 Å². The van der Waals surface area contributed by atoms with Crippen LogP contribution in [0, 0.1) is 0 Å². The van der Waals surface area contributed by atoms with Gasteiger partial charge in [0.05, 0.1) is 0 Å². The molecule has 0 atom stereocenters. The Hall–Kier alpha value is -2.67. The molecule has 136 valence electrons. The number of nitrogens with zero attached hydrogens (tertiary/aromatic N) is 4. The minimum atomic E-state index is -0.143. The fourth-order valence-electron chi connectivity index (χ4n) is 2.79. The normalized spacial score (nSPS) is 14.2. The largest absolute Gasteiger partial charge is 0.370 e. The van der Waals surface area contributed by atoms with E-state index < -0.39 is 0 Å². The van der Waals surface area contributed by atoms with Gasteiger partial charge < -0.3 is 15.1 Å². The minimum Gasteiger partial charge on any atom is -0.370 e. The van der Waals surface area contributed by atoms with Crippen molar-refractivity contribution in [2.24, 2.45) is 0 Å². The molecule has 1 saturated heterocycles. The first-order valence-corrected chi connectivity index (χ1v) is 8.82. The van der Waals surface area contributed by atoms with Gasteiger partial charge in [-0.25, -0.2) is 9.97 Å². The SMILES string of the molecule is O=CN1CCN(C(=O)c2cc(NCCc3cccc(Cl)c3)ncn2)CC1. The second-order valence-electron chi connectivity index (χ2n) is 6.03. The van der Waals surface area contributed by atoms with Gasteiger partial charge in [-0.15, -0.1) is 0 Å². The van der Waals surface area contributed by atoms with E-state index in [4.69, 9.17) is 11.6 Å². The van der Waals surface area contributed by atoms with Crippen LogP contribution in [-0.4, -0.2) is 64.8 Å². The highest BCUT2D eigenvalue weighted by Gasteiger charge is 2.22. The number of aromatic nitrogens is 2. The number of carbonyl (C=O) groups is 2. The van der Waals surface area contributed by atoms with Crippen LogP contribution in [0.4, 0.5) is 5.82 Å². The van der Waals surface area contributed by atoms with Crippen LogP contribution in [0.2, 0.25) is 5.02 Å². The fraction of sp³-hybridized carbons (Fsp3) is 0.333. The van der Waals surface area contributed by atoms with Gasteiger partial charge in [0.1, 0.15) is 17.8 Å². The van der Waals surface area contributed by atoms with Crippen LogP contribution in [0.3, 0.4) is 0 Å². The van der Waals surface area contributed by atoms with Gasteiger partial charge >= 0.3 is 0 Å². The summed E-state index contributed by atoms with van der Waals surface area (Å²) in [6.07, 6.45) is 2.99. The molecule has 0 radical (unpaired) electrons. The van der Waals surface area contributed by atoms with Crippen LogP contribution in [0.15, 0.2) is 36.7 Å². The van der Waals surface area contributed by atoms with E-state index >= 15 is 0 Å². The zero-order chi connectivity index (χ0) is 18.4. The number of anilines is 1. The number of rotatable bonds is 6. The van der Waals surface area contributed by atoms with Crippen molar-refractivity contribution in [2.45, 2.75) is 6.42 Å². The summed E-state index contributed by atoms with van der Waals surface area (Å²) in [5, 5.41) is 3.92. The maximum absolute atomic E-state index is 12.6. The number of piperazine rings is 1. The van der Waals surface area contributed by atoms with Gasteiger partial charge in [0, 0.05) is 43.8 Å². The number of halogens is 1. The van der Waals surface area contributed by atoms with Crippen molar-refractivity contribution < 1.29 is 9.59 Å². The van der Waals surface area contributed by atoms with Gasteiger partial charge in [0.25, 0.3) is 5.91 Å². The molecular formula is C18H20ClN5O2. The van der Waals surface area contributed by atoms with Gasteiger partial charge in [0.15, 0.2) is 0 Å². The van der Waals surface area contributed by atoms with Crippen molar-refractivity contribution in [3.63, 3.8) is 0 Å². The number of amides is 2. The molecule has 8 heteroatoms. The average Bonchev–Trinajstić information content (AvgIpc) is 2.68. The maximum atomic E-state index is 12.6. The number of carbonyl (C=O) groups excluding carboxylic acids is 2. The molecule has 2 aromatic rings. The van der Waals surface area contributed by atoms with E-state index in [1.54, 1.807) is 15.9 Å². The van der Waals surface area contributed by atoms with E-state index in [0.29, 0.717) is 49.3 Å². The molecule has 1 aromatic heterocycles. The van der Waals surface area contributed by atoms with Gasteiger partial charge in [-0.1, -0.05) is 23.7 Å². The lowest BCUT2D eigenvalue weighted by atomic mass is 10.1. The number of hydrogen-bond acceptors (Lipinski definition) is 5. The molecule has 1 aliphatic heterocycles. The highest BCUT2D eigenvalue weighted by molar-refractivity contribution is 6.30. The molecule has 1 aliphatic rings. The molecule has 1 N–H and O–H groups in total. The highest BCUT2D eigenvalue weighted by Crippen LogP contribution is 2.12. The molecule has 2 heterocycles. The molecule has 7 nitrogen and oxygen atoms in total. The molecule has 3 rings (SSSR count). The van der Waals surface area contributed by atoms with Crippen molar-refractivity contribution in [1.82, 2.24) is 19.8 Å². The quantitative estimate of drug-likeness (QED) is 0.780. The first-order chi connectivity index (χ1) is 12.7. The third-order valence-electron chi connectivity index (χ3n) is 4.25. The summed E-state index contributed by atoms with van der Waals surface area (Å²) >= 11 is 5.98. The van der Waals surface area contributed by atoms with Crippen LogP contribution >= 0.6 is 11.6 Å². The van der Waals surface area contributed by atoms with Crippen molar-refractivity contribution in [3.05, 3.63) is 52.9 Å². The minimum absolute atomic E-state index is 0.143. The maximum Gasteiger partial charge on any atom is 0.272 e. The lowest BCUT2D eigenvalue weighted by Gasteiger charge is -2.32. The zero-order valence-corrected chi connectivity index (χ0v) is 15.0. The summed E-state index contributed by atoms with van der Waals surface area (Å²) in [7, 11) is 0. The Balaban J connectivity index is 1.56. The second kappa shape index (κ2) is 8.62. The first kappa shape index (κ1) is 18.1. The molecule has 1 fully saturated rings. The monoisotopic (exact) mass is 373 g/mol. The Labute approximate surface area is 157 Å². The number of nitrogens with one attached hydrogen (secondary N) is 1. The standard InChI is InChI=1S/C18H20ClN5O2/c19-15-3-1-2-14(10-15)4-5-20-17-11-16(21-12-22-17)18(26)24-8-6-23(13-25)7-9-24/h1-3,10-13H,4-9H2,(H,20,21,22). The summed E-state index contributed by atoms with van der Waals surface area (Å²) < 4.78 is 0. The topological polar surface area (TPSA) is 78.4 Å². The summed E-state index contributed by atoms with van der Waals surface area (Å²) in [4.78, 5) is 34.9. The van der Waals surface area contributed by atoms with Crippen LogP contribution in [0.25, 0.3) is 0 Å². The molecule has 0 unspecified atom stereocenters. The average molecular weight is 374 g/mol. The summed E-state index contributed by atoms with van der Waals surface area (Å²) in [6, 6.07) is 9.37. The third-order valence-corrected chi connectivity index (χ3v) is 4.48. The molecule has 0 aliphatic carbocycles. The van der Waals surface area contributed by atoms with Crippen LogP contribution in [0.1, 0.15) is 16.1 Å². The van der Waals surface area contributed by atoms with E-state index in [9.17, 15) is 9.59 Å². The highest BCUT2D eigenvalue weighted by atomic mass is 35.5. The molecule has 1 aromatic carbocycles. The third kappa shape index (κ3) is 4.70. The van der Waals surface area contributed by atoms with Crippen LogP contribution in [0.5, 0.6) is 0 Å². The zero-order valence-electron chi connectivity index (χ0n) is 14.3. The molecule has 0 spiro atoms. The van der Waals surface area contributed by atoms with Gasteiger partial charge in [-0.2, -0.15) is 0 Å². The van der Waals surface area contributed by atoms with Gasteiger partial charge in [0.2, 0.25) is 6.41 Å². The Morgan fingerprint density at radius 2 is 2.00 bits per heavy atom. The smallest absolute Gasteiger partial charge is 0.272 e. The lowest BCUT2D eigenvalue weighted by molar-refractivity contribution is -0.119. The summed E-state index contributed by atoms with van der Waals surface area (Å²) in [5.41, 5.74) is 1.48. The number of hydrogen-bond donors (Lipinski definition) is 1. The van der Waals surface area contributed by atoms with E-state index in [1.165, 1.54) is 6.33 Å². The first-order valence-electron chi connectivity index (χ1n) is 8.44. The molecular weight excluding hydrogens is 354 g/mol. The van der Waals surface area contributed by atoms with Gasteiger partial charge in [-0.3, -0.25) is 9.59 Å². The summed E-state index contributed by atoms with van der Waals surface area (Å²) in [6.45, 7) is 2.79. The Bertz CT molecular complexity index is 778. The molecule has 0 bridgehead atoms. The fourth-order valence-corrected chi connectivity index (χ4v) is 3.00. The van der Waals surface area contributed by atoms with E-state index in [0.717, 1.165) is 18.4 Å². The summed E-state index contributed by atoms with van der Waals surface area (Å²) in [5.74, 6) is 0.466. The van der Waals surface area contributed by atoms with Crippen molar-refractivity contribution >= 4 is 29.7 Å².